The molecule has 0 unspecified atom stereocenters. The first-order chi connectivity index (χ1) is 21.8. The van der Waals surface area contributed by atoms with Gasteiger partial charge in [0.15, 0.2) is 0 Å². The number of benzene rings is 7. The smallest absolute Gasteiger partial charge is 0.432 e. The molecule has 0 saturated carbocycles. The van der Waals surface area contributed by atoms with Crippen LogP contribution in [0.5, 0.6) is 5.75 Å². The van der Waals surface area contributed by atoms with Crippen molar-refractivity contribution in [1.82, 2.24) is 4.57 Å². The van der Waals surface area contributed by atoms with Gasteiger partial charge < -0.3 is 14.1 Å². The lowest BCUT2D eigenvalue weighted by Gasteiger charge is -2.40. The number of nitrogens with zero attached hydrogens (tertiary/aromatic N) is 2. The molecule has 44 heavy (non-hydrogen) atoms. The van der Waals surface area contributed by atoms with Gasteiger partial charge in [-0.3, -0.25) is 0 Å². The molecule has 2 aliphatic heterocycles. The summed E-state index contributed by atoms with van der Waals surface area (Å²) in [5.74, 6) is 0.925. The first-order valence-corrected chi connectivity index (χ1v) is 15.1. The number of para-hydroxylation sites is 2. The number of hydrogen-bond donors (Lipinski definition) is 0. The van der Waals surface area contributed by atoms with Gasteiger partial charge in [0.1, 0.15) is 5.75 Å². The molecule has 0 radical (unpaired) electrons. The van der Waals surface area contributed by atoms with Crippen molar-refractivity contribution >= 4 is 67.4 Å². The van der Waals surface area contributed by atoms with Crippen molar-refractivity contribution in [3.63, 3.8) is 0 Å². The second-order valence-electron chi connectivity index (χ2n) is 11.7. The number of aromatic nitrogens is 1. The second-order valence-corrected chi connectivity index (χ2v) is 11.7. The van der Waals surface area contributed by atoms with Gasteiger partial charge in [-0.1, -0.05) is 97.1 Å². The fourth-order valence-corrected chi connectivity index (χ4v) is 7.48. The fraction of sp³-hybridized carbons (Fsp3) is 0. The molecule has 7 aromatic carbocycles. The summed E-state index contributed by atoms with van der Waals surface area (Å²) in [5, 5.41) is 6.12. The van der Waals surface area contributed by atoms with E-state index in [0.29, 0.717) is 0 Å². The highest BCUT2D eigenvalue weighted by Gasteiger charge is 2.44. The third kappa shape index (κ3) is 3.22. The minimum Gasteiger partial charge on any atom is -0.551 e. The molecule has 3 heterocycles. The highest BCUT2D eigenvalue weighted by atomic mass is 16.4. The average molecular weight is 560 g/mol. The molecular weight excluding hydrogens is 535 g/mol. The molecular formula is C40H25BN2O. The van der Waals surface area contributed by atoms with E-state index >= 15 is 0 Å². The Kier molecular flexibility index (Phi) is 4.80. The van der Waals surface area contributed by atoms with Gasteiger partial charge in [-0.15, -0.1) is 0 Å². The van der Waals surface area contributed by atoms with Gasteiger partial charge in [-0.05, 0) is 75.6 Å². The Morgan fingerprint density at radius 2 is 1.25 bits per heavy atom. The van der Waals surface area contributed by atoms with Gasteiger partial charge in [0.05, 0.1) is 5.52 Å². The summed E-state index contributed by atoms with van der Waals surface area (Å²) >= 11 is 0. The molecule has 0 N–H and O–H groups in total. The molecule has 0 amide bonds. The molecule has 0 bridgehead atoms. The summed E-state index contributed by atoms with van der Waals surface area (Å²) in [7, 11) is 0. The van der Waals surface area contributed by atoms with E-state index < -0.39 is 0 Å². The summed E-state index contributed by atoms with van der Waals surface area (Å²) in [5.41, 5.74) is 10.6. The summed E-state index contributed by atoms with van der Waals surface area (Å²) in [6.07, 6.45) is 2.21. The van der Waals surface area contributed by atoms with E-state index in [2.05, 4.69) is 161 Å². The van der Waals surface area contributed by atoms with Gasteiger partial charge in [-0.2, -0.15) is 0 Å². The van der Waals surface area contributed by atoms with E-state index in [1.165, 1.54) is 48.9 Å². The summed E-state index contributed by atoms with van der Waals surface area (Å²) in [4.78, 5) is 2.46. The molecule has 204 valence electrons. The van der Waals surface area contributed by atoms with Gasteiger partial charge in [0.2, 0.25) is 0 Å². The van der Waals surface area contributed by atoms with Crippen LogP contribution in [0.25, 0.3) is 49.3 Å². The molecule has 0 saturated heterocycles. The van der Waals surface area contributed by atoms with Gasteiger partial charge >= 0.3 is 6.92 Å². The van der Waals surface area contributed by atoms with Crippen molar-refractivity contribution in [3.05, 3.63) is 152 Å². The monoisotopic (exact) mass is 560 g/mol. The largest absolute Gasteiger partial charge is 0.551 e. The minimum atomic E-state index is -0.239. The highest BCUT2D eigenvalue weighted by molar-refractivity contribution is 6.87. The normalized spacial score (nSPS) is 13.1. The molecule has 3 nitrogen and oxygen atoms in total. The van der Waals surface area contributed by atoms with Crippen molar-refractivity contribution in [2.24, 2.45) is 0 Å². The van der Waals surface area contributed by atoms with Crippen LogP contribution in [0.15, 0.2) is 152 Å². The average Bonchev–Trinajstić information content (AvgIpc) is 3.52. The van der Waals surface area contributed by atoms with Gasteiger partial charge in [-0.25, -0.2) is 0 Å². The van der Waals surface area contributed by atoms with Crippen molar-refractivity contribution in [2.45, 2.75) is 0 Å². The Labute approximate surface area is 255 Å². The molecule has 0 spiro atoms. The highest BCUT2D eigenvalue weighted by Crippen LogP contribution is 2.47. The Morgan fingerprint density at radius 1 is 0.500 bits per heavy atom. The molecule has 4 heteroatoms. The summed E-state index contributed by atoms with van der Waals surface area (Å²) in [6, 6.07) is 52.4. The number of anilines is 3. The van der Waals surface area contributed by atoms with Crippen molar-refractivity contribution in [2.75, 3.05) is 4.90 Å². The van der Waals surface area contributed by atoms with E-state index in [4.69, 9.17) is 4.65 Å². The standard InChI is InChI=1S/C40H25BN2O/c1-2-13-29(14-3-1)42-23-22-32-35(42)25-36-40-38(32)33-16-8-9-17-37(33)44-41(40)39-31-15-7-6-11-27(31)19-21-34(39)43(36)30-20-18-26-10-4-5-12-28(26)24-30/h1-25H. The molecule has 10 rings (SSSR count). The van der Waals surface area contributed by atoms with Gasteiger partial charge in [0, 0.05) is 50.8 Å². The van der Waals surface area contributed by atoms with Crippen molar-refractivity contribution in [3.8, 4) is 22.6 Å². The fourth-order valence-electron chi connectivity index (χ4n) is 7.48. The number of fused-ring (bicyclic) bond motifs is 9. The Hall–Kier alpha value is -5.74. The Balaban J connectivity index is 1.37. The zero-order valence-electron chi connectivity index (χ0n) is 23.8. The van der Waals surface area contributed by atoms with E-state index in [1.807, 2.05) is 0 Å². The number of hydrogen-bond acceptors (Lipinski definition) is 2. The molecule has 0 aliphatic carbocycles. The lowest BCUT2D eigenvalue weighted by molar-refractivity contribution is 0.590. The first-order valence-electron chi connectivity index (χ1n) is 15.1. The van der Waals surface area contributed by atoms with Crippen molar-refractivity contribution in [1.29, 1.82) is 0 Å². The number of rotatable bonds is 2. The summed E-state index contributed by atoms with van der Waals surface area (Å²) < 4.78 is 9.35. The van der Waals surface area contributed by atoms with Crippen LogP contribution in [0.4, 0.5) is 17.1 Å². The molecule has 2 aliphatic rings. The predicted octanol–water partition coefficient (Wildman–Crippen LogP) is 8.89. The maximum absolute atomic E-state index is 7.04. The maximum Gasteiger partial charge on any atom is 0.432 e. The van der Waals surface area contributed by atoms with E-state index in [1.54, 1.807) is 0 Å². The zero-order chi connectivity index (χ0) is 28.8. The molecule has 0 atom stereocenters. The van der Waals surface area contributed by atoms with Crippen LogP contribution in [-0.4, -0.2) is 11.5 Å². The van der Waals surface area contributed by atoms with Crippen LogP contribution in [0.1, 0.15) is 0 Å². The second kappa shape index (κ2) is 8.89. The van der Waals surface area contributed by atoms with E-state index in [-0.39, 0.29) is 6.92 Å². The van der Waals surface area contributed by atoms with E-state index in [9.17, 15) is 0 Å². The Bertz CT molecular complexity index is 2450. The van der Waals surface area contributed by atoms with Crippen LogP contribution in [-0.2, 0) is 0 Å². The summed E-state index contributed by atoms with van der Waals surface area (Å²) in [6.45, 7) is -0.239. The SMILES string of the molecule is c1ccc(-n2ccc3c4c5c(cc32)N(c2ccc3ccccc3c2)c2ccc3ccccc3c2B5Oc2ccccc2-4)cc1. The van der Waals surface area contributed by atoms with Crippen LogP contribution in [0.3, 0.4) is 0 Å². The van der Waals surface area contributed by atoms with Crippen LogP contribution >= 0.6 is 0 Å². The Morgan fingerprint density at radius 3 is 2.16 bits per heavy atom. The topological polar surface area (TPSA) is 17.4 Å². The third-order valence-corrected chi connectivity index (χ3v) is 9.39. The quantitative estimate of drug-likeness (QED) is 0.197. The van der Waals surface area contributed by atoms with Crippen LogP contribution in [0.2, 0.25) is 0 Å². The maximum atomic E-state index is 7.04. The predicted molar refractivity (Wildman–Crippen MR) is 184 cm³/mol. The first kappa shape index (κ1) is 23.8. The van der Waals surface area contributed by atoms with Crippen LogP contribution < -0.4 is 20.5 Å². The van der Waals surface area contributed by atoms with E-state index in [0.717, 1.165) is 34.1 Å². The minimum absolute atomic E-state index is 0.239. The third-order valence-electron chi connectivity index (χ3n) is 9.39. The molecule has 0 fully saturated rings. The van der Waals surface area contributed by atoms with Crippen LogP contribution in [0, 0.1) is 0 Å². The lowest BCUT2D eigenvalue weighted by atomic mass is 9.48. The lowest BCUT2D eigenvalue weighted by Crippen LogP contribution is -2.56. The molecule has 8 aromatic rings. The zero-order valence-corrected chi connectivity index (χ0v) is 23.8. The van der Waals surface area contributed by atoms with Crippen molar-refractivity contribution < 1.29 is 4.65 Å². The molecule has 1 aromatic heterocycles. The van der Waals surface area contributed by atoms with Gasteiger partial charge in [0.25, 0.3) is 0 Å².